The van der Waals surface area contributed by atoms with Gasteiger partial charge in [0.2, 0.25) is 0 Å². The summed E-state index contributed by atoms with van der Waals surface area (Å²) in [6.45, 7) is 6.03. The molecule has 0 radical (unpaired) electrons. The molecule has 1 rings (SSSR count). The number of hydrogen-bond donors (Lipinski definition) is 1. The molecule has 1 N–H and O–H groups in total. The van der Waals surface area contributed by atoms with Crippen molar-refractivity contribution in [1.29, 1.82) is 0 Å². The van der Waals surface area contributed by atoms with E-state index >= 15 is 0 Å². The maximum Gasteiger partial charge on any atom is 0.329 e. The summed E-state index contributed by atoms with van der Waals surface area (Å²) in [4.78, 5) is 16.1. The van der Waals surface area contributed by atoms with Crippen molar-refractivity contribution in [2.75, 3.05) is 6.54 Å². The maximum absolute atomic E-state index is 11.3. The van der Waals surface area contributed by atoms with E-state index in [2.05, 4.69) is 12.1 Å². The Labute approximate surface area is 89.7 Å². The number of hydroxylamine groups is 1. The van der Waals surface area contributed by atoms with Gasteiger partial charge in [-0.1, -0.05) is 42.5 Å². The van der Waals surface area contributed by atoms with E-state index in [-0.39, 0.29) is 12.4 Å². The van der Waals surface area contributed by atoms with Crippen molar-refractivity contribution in [2.24, 2.45) is 0 Å². The second kappa shape index (κ2) is 5.98. The van der Waals surface area contributed by atoms with E-state index < -0.39 is 0 Å². The van der Waals surface area contributed by atoms with Gasteiger partial charge in [0, 0.05) is 0 Å². The Hall–Kier alpha value is -1.61. The minimum atomic E-state index is -0.289. The van der Waals surface area contributed by atoms with Gasteiger partial charge in [-0.2, -0.15) is 0 Å². The van der Waals surface area contributed by atoms with Gasteiger partial charge in [0.15, 0.2) is 0 Å². The quantitative estimate of drug-likeness (QED) is 0.589. The molecule has 0 aliphatic carbocycles. The van der Waals surface area contributed by atoms with Crippen molar-refractivity contribution in [1.82, 2.24) is 5.48 Å². The molecule has 0 aliphatic heterocycles. The molecule has 0 unspecified atom stereocenters. The zero-order valence-corrected chi connectivity index (χ0v) is 8.82. The summed E-state index contributed by atoms with van der Waals surface area (Å²) in [6, 6.07) is 9.47. The molecule has 3 heteroatoms. The molecule has 0 fully saturated rings. The Morgan fingerprint density at radius 3 is 2.67 bits per heavy atom. The third-order valence-electron chi connectivity index (χ3n) is 1.75. The molecule has 0 saturated heterocycles. The summed E-state index contributed by atoms with van der Waals surface area (Å²) in [5.41, 5.74) is 4.42. The third-order valence-corrected chi connectivity index (χ3v) is 1.75. The Balaban J connectivity index is 2.28. The van der Waals surface area contributed by atoms with Gasteiger partial charge in [0.05, 0.1) is 13.0 Å². The van der Waals surface area contributed by atoms with Crippen LogP contribution < -0.4 is 5.48 Å². The Bertz CT molecular complexity index is 333. The highest BCUT2D eigenvalue weighted by Gasteiger charge is 2.03. The average Bonchev–Trinajstić information content (AvgIpc) is 2.18. The summed E-state index contributed by atoms with van der Waals surface area (Å²) in [6.07, 6.45) is 0.282. The molecule has 0 saturated carbocycles. The van der Waals surface area contributed by atoms with E-state index in [1.807, 2.05) is 37.3 Å². The average molecular weight is 205 g/mol. The van der Waals surface area contributed by atoms with E-state index in [0.717, 1.165) is 11.1 Å². The van der Waals surface area contributed by atoms with Gasteiger partial charge in [-0.05, 0) is 12.5 Å². The molecule has 15 heavy (non-hydrogen) atoms. The van der Waals surface area contributed by atoms with Crippen LogP contribution in [0.1, 0.15) is 12.5 Å². The molecule has 1 aromatic carbocycles. The summed E-state index contributed by atoms with van der Waals surface area (Å²) >= 11 is 0. The molecule has 80 valence electrons. The standard InChI is InChI=1S/C12H15NO2/c1-10(2)9-13-15-12(14)8-11-6-4-3-5-7-11/h3-7,13H,1,8-9H2,2H3. The van der Waals surface area contributed by atoms with E-state index in [1.165, 1.54) is 0 Å². The van der Waals surface area contributed by atoms with Crippen LogP contribution in [0.25, 0.3) is 0 Å². The van der Waals surface area contributed by atoms with Crippen molar-refractivity contribution >= 4 is 5.97 Å². The van der Waals surface area contributed by atoms with E-state index in [9.17, 15) is 4.79 Å². The molecule has 0 heterocycles. The first-order chi connectivity index (χ1) is 7.18. The van der Waals surface area contributed by atoms with E-state index in [0.29, 0.717) is 6.54 Å². The molecule has 0 aromatic heterocycles. The number of benzene rings is 1. The van der Waals surface area contributed by atoms with Crippen LogP contribution in [0.4, 0.5) is 0 Å². The maximum atomic E-state index is 11.3. The highest BCUT2D eigenvalue weighted by Crippen LogP contribution is 2.00. The van der Waals surface area contributed by atoms with Crippen molar-refractivity contribution in [3.63, 3.8) is 0 Å². The van der Waals surface area contributed by atoms with Crippen molar-refractivity contribution in [3.8, 4) is 0 Å². The number of hydrogen-bond acceptors (Lipinski definition) is 3. The van der Waals surface area contributed by atoms with Gasteiger partial charge in [-0.25, -0.2) is 0 Å². The lowest BCUT2D eigenvalue weighted by Gasteiger charge is -2.05. The summed E-state index contributed by atoms with van der Waals surface area (Å²) < 4.78 is 0. The van der Waals surface area contributed by atoms with Gasteiger partial charge in [0.25, 0.3) is 0 Å². The minimum Gasteiger partial charge on any atom is -0.370 e. The number of carbonyl (C=O) groups excluding carboxylic acids is 1. The van der Waals surface area contributed by atoms with Crippen LogP contribution in [-0.4, -0.2) is 12.5 Å². The monoisotopic (exact) mass is 205 g/mol. The number of carbonyl (C=O) groups is 1. The van der Waals surface area contributed by atoms with Crippen molar-refractivity contribution < 1.29 is 9.63 Å². The predicted octanol–water partition coefficient (Wildman–Crippen LogP) is 1.85. The second-order valence-electron chi connectivity index (χ2n) is 3.41. The number of rotatable bonds is 5. The van der Waals surface area contributed by atoms with Crippen molar-refractivity contribution in [3.05, 3.63) is 48.0 Å². The van der Waals surface area contributed by atoms with Crippen LogP contribution in [0.5, 0.6) is 0 Å². The van der Waals surface area contributed by atoms with Gasteiger partial charge in [-0.15, -0.1) is 5.48 Å². The van der Waals surface area contributed by atoms with Crippen LogP contribution in [-0.2, 0) is 16.1 Å². The molecule has 0 aliphatic rings. The van der Waals surface area contributed by atoms with Gasteiger partial charge < -0.3 is 4.84 Å². The highest BCUT2D eigenvalue weighted by molar-refractivity contribution is 5.72. The van der Waals surface area contributed by atoms with Crippen molar-refractivity contribution in [2.45, 2.75) is 13.3 Å². The van der Waals surface area contributed by atoms with Crippen LogP contribution in [0.2, 0.25) is 0 Å². The van der Waals surface area contributed by atoms with Gasteiger partial charge in [-0.3, -0.25) is 4.79 Å². The largest absolute Gasteiger partial charge is 0.370 e. The molecule has 3 nitrogen and oxygen atoms in total. The molecule has 0 atom stereocenters. The van der Waals surface area contributed by atoms with Crippen LogP contribution in [0.15, 0.2) is 42.5 Å². The summed E-state index contributed by atoms with van der Waals surface area (Å²) in [5, 5.41) is 0. The fourth-order valence-corrected chi connectivity index (χ4v) is 1.04. The lowest BCUT2D eigenvalue weighted by Crippen LogP contribution is -2.22. The predicted molar refractivity (Wildman–Crippen MR) is 59.1 cm³/mol. The Morgan fingerprint density at radius 1 is 1.40 bits per heavy atom. The normalized spacial score (nSPS) is 9.67. The van der Waals surface area contributed by atoms with Gasteiger partial charge >= 0.3 is 5.97 Å². The number of nitrogens with one attached hydrogen (secondary N) is 1. The SMILES string of the molecule is C=C(C)CNOC(=O)Cc1ccccc1. The molecular weight excluding hydrogens is 190 g/mol. The fourth-order valence-electron chi connectivity index (χ4n) is 1.04. The lowest BCUT2D eigenvalue weighted by molar-refractivity contribution is -0.149. The fraction of sp³-hybridized carbons (Fsp3) is 0.250. The first kappa shape index (κ1) is 11.5. The smallest absolute Gasteiger partial charge is 0.329 e. The molecule has 0 spiro atoms. The molecule has 0 bridgehead atoms. The van der Waals surface area contributed by atoms with Crippen LogP contribution in [0.3, 0.4) is 0 Å². The topological polar surface area (TPSA) is 38.3 Å². The molecular formula is C12H15NO2. The zero-order valence-electron chi connectivity index (χ0n) is 8.82. The highest BCUT2D eigenvalue weighted by atomic mass is 16.7. The van der Waals surface area contributed by atoms with Crippen LogP contribution >= 0.6 is 0 Å². The first-order valence-corrected chi connectivity index (χ1v) is 4.79. The molecule has 0 amide bonds. The minimum absolute atomic E-state index is 0.282. The molecule has 1 aromatic rings. The van der Waals surface area contributed by atoms with E-state index in [1.54, 1.807) is 0 Å². The summed E-state index contributed by atoms with van der Waals surface area (Å²) in [7, 11) is 0. The zero-order chi connectivity index (χ0) is 11.1. The Morgan fingerprint density at radius 2 is 2.07 bits per heavy atom. The Kier molecular flexibility index (Phi) is 4.57. The van der Waals surface area contributed by atoms with Crippen LogP contribution in [0, 0.1) is 0 Å². The van der Waals surface area contributed by atoms with Gasteiger partial charge in [0.1, 0.15) is 0 Å². The lowest BCUT2D eigenvalue weighted by atomic mass is 10.2. The van der Waals surface area contributed by atoms with E-state index in [4.69, 9.17) is 4.84 Å². The first-order valence-electron chi connectivity index (χ1n) is 4.79. The third kappa shape index (κ3) is 4.98. The second-order valence-corrected chi connectivity index (χ2v) is 3.41. The summed E-state index contributed by atoms with van der Waals surface area (Å²) in [5.74, 6) is -0.289.